The Balaban J connectivity index is 1.69. The fraction of sp³-hybridized carbons (Fsp3) is 0.529. The van der Waals surface area contributed by atoms with Crippen molar-refractivity contribution >= 4 is 23.3 Å². The molecule has 1 N–H and O–H groups in total. The third-order valence-corrected chi connectivity index (χ3v) is 4.39. The fourth-order valence-electron chi connectivity index (χ4n) is 3.07. The molecule has 2 heterocycles. The van der Waals surface area contributed by atoms with Crippen molar-refractivity contribution in [2.75, 3.05) is 42.5 Å². The highest BCUT2D eigenvalue weighted by atomic mass is 19.1. The molecule has 0 bridgehead atoms. The molecule has 2 saturated heterocycles. The Labute approximate surface area is 140 Å². The van der Waals surface area contributed by atoms with E-state index in [9.17, 15) is 14.0 Å². The molecule has 1 atom stereocenters. The summed E-state index contributed by atoms with van der Waals surface area (Å²) < 4.78 is 19.7. The van der Waals surface area contributed by atoms with Crippen molar-refractivity contribution < 1.29 is 18.7 Å². The number of Topliss-reactive ketones (excluding diaryl/α,β-unsaturated/α-hetero) is 1. The quantitative estimate of drug-likeness (QED) is 0.891. The summed E-state index contributed by atoms with van der Waals surface area (Å²) in [6.45, 7) is 5.04. The van der Waals surface area contributed by atoms with Crippen molar-refractivity contribution in [3.05, 3.63) is 24.0 Å². The first-order valence-electron chi connectivity index (χ1n) is 8.27. The van der Waals surface area contributed by atoms with E-state index in [2.05, 4.69) is 5.32 Å². The minimum atomic E-state index is -0.488. The van der Waals surface area contributed by atoms with Crippen LogP contribution in [-0.4, -0.2) is 50.7 Å². The van der Waals surface area contributed by atoms with Crippen LogP contribution in [0.1, 0.15) is 19.8 Å². The van der Waals surface area contributed by atoms with Gasteiger partial charge in [0.1, 0.15) is 17.7 Å². The topological polar surface area (TPSA) is 61.9 Å². The van der Waals surface area contributed by atoms with Gasteiger partial charge in [0.05, 0.1) is 17.9 Å². The minimum absolute atomic E-state index is 0.0657. The van der Waals surface area contributed by atoms with Crippen molar-refractivity contribution in [1.29, 1.82) is 0 Å². The third kappa shape index (κ3) is 3.67. The van der Waals surface area contributed by atoms with Gasteiger partial charge in [-0.05, 0) is 31.5 Å². The van der Waals surface area contributed by atoms with Gasteiger partial charge in [-0.2, -0.15) is 0 Å². The number of hydrogen-bond donors (Lipinski definition) is 1. The largest absolute Gasteiger partial charge is 0.444 e. The van der Waals surface area contributed by atoms with Gasteiger partial charge in [-0.25, -0.2) is 9.18 Å². The van der Waals surface area contributed by atoms with E-state index in [1.807, 2.05) is 4.90 Å². The van der Waals surface area contributed by atoms with Crippen LogP contribution in [0, 0.1) is 5.82 Å². The zero-order valence-corrected chi connectivity index (χ0v) is 13.8. The molecule has 0 radical (unpaired) electrons. The highest BCUT2D eigenvalue weighted by Gasteiger charge is 2.32. The average molecular weight is 335 g/mol. The summed E-state index contributed by atoms with van der Waals surface area (Å²) in [6.07, 6.45) is 0.0660. The molecule has 0 aliphatic carbocycles. The summed E-state index contributed by atoms with van der Waals surface area (Å²) in [7, 11) is 0. The molecule has 1 aromatic carbocycles. The molecule has 130 valence electrons. The van der Waals surface area contributed by atoms with Crippen LogP contribution in [0.3, 0.4) is 0 Å². The second kappa shape index (κ2) is 7.17. The van der Waals surface area contributed by atoms with E-state index >= 15 is 0 Å². The first kappa shape index (κ1) is 16.7. The Hall–Kier alpha value is -2.15. The van der Waals surface area contributed by atoms with Crippen molar-refractivity contribution in [2.24, 2.45) is 0 Å². The van der Waals surface area contributed by atoms with Gasteiger partial charge in [0.25, 0.3) is 0 Å². The van der Waals surface area contributed by atoms with Gasteiger partial charge in [0.2, 0.25) is 0 Å². The number of rotatable bonds is 5. The fourth-order valence-corrected chi connectivity index (χ4v) is 3.07. The number of ether oxygens (including phenoxy) is 1. The zero-order valence-electron chi connectivity index (χ0n) is 13.8. The summed E-state index contributed by atoms with van der Waals surface area (Å²) in [5.41, 5.74) is 1.04. The summed E-state index contributed by atoms with van der Waals surface area (Å²) >= 11 is 0. The Kier molecular flexibility index (Phi) is 4.99. The Morgan fingerprint density at radius 3 is 2.79 bits per heavy atom. The number of nitrogens with zero attached hydrogens (tertiary/aromatic N) is 2. The SMILES string of the molecule is CC(=O)CC[C@H]1CN(c2ccc(N3CCNCC3)c(F)c2)C(=O)O1. The number of hydrogen-bond acceptors (Lipinski definition) is 5. The van der Waals surface area contributed by atoms with Crippen molar-refractivity contribution in [3.8, 4) is 0 Å². The number of carbonyl (C=O) groups excluding carboxylic acids is 2. The Bertz CT molecular complexity index is 632. The van der Waals surface area contributed by atoms with Crippen LogP contribution in [-0.2, 0) is 9.53 Å². The number of ketones is 1. The molecular formula is C17H22FN3O3. The van der Waals surface area contributed by atoms with Crippen molar-refractivity contribution in [1.82, 2.24) is 5.32 Å². The molecule has 24 heavy (non-hydrogen) atoms. The molecule has 0 unspecified atom stereocenters. The summed E-state index contributed by atoms with van der Waals surface area (Å²) in [6, 6.07) is 4.84. The number of nitrogens with one attached hydrogen (secondary N) is 1. The van der Waals surface area contributed by atoms with E-state index in [0.29, 0.717) is 30.8 Å². The van der Waals surface area contributed by atoms with Crippen LogP contribution in [0.2, 0.25) is 0 Å². The Morgan fingerprint density at radius 1 is 1.38 bits per heavy atom. The molecule has 0 saturated carbocycles. The zero-order chi connectivity index (χ0) is 17.1. The molecule has 2 aliphatic heterocycles. The van der Waals surface area contributed by atoms with Gasteiger partial charge in [0.15, 0.2) is 0 Å². The minimum Gasteiger partial charge on any atom is -0.444 e. The number of piperazine rings is 1. The third-order valence-electron chi connectivity index (χ3n) is 4.39. The monoisotopic (exact) mass is 335 g/mol. The lowest BCUT2D eigenvalue weighted by molar-refractivity contribution is -0.117. The lowest BCUT2D eigenvalue weighted by Crippen LogP contribution is -2.43. The smallest absolute Gasteiger partial charge is 0.414 e. The normalized spacial score (nSPS) is 21.1. The van der Waals surface area contributed by atoms with Crippen LogP contribution >= 0.6 is 0 Å². The average Bonchev–Trinajstić information content (AvgIpc) is 2.94. The van der Waals surface area contributed by atoms with Gasteiger partial charge in [-0.15, -0.1) is 0 Å². The molecule has 0 aromatic heterocycles. The van der Waals surface area contributed by atoms with Crippen LogP contribution in [0.15, 0.2) is 18.2 Å². The van der Waals surface area contributed by atoms with E-state index in [1.54, 1.807) is 12.1 Å². The molecule has 1 amide bonds. The number of cyclic esters (lactones) is 1. The van der Waals surface area contributed by atoms with Crippen LogP contribution in [0.4, 0.5) is 20.6 Å². The summed E-state index contributed by atoms with van der Waals surface area (Å²) in [5, 5.41) is 3.23. The molecule has 2 aliphatic rings. The van der Waals surface area contributed by atoms with E-state index in [4.69, 9.17) is 4.74 Å². The first-order chi connectivity index (χ1) is 11.5. The summed E-state index contributed by atoms with van der Waals surface area (Å²) in [5.74, 6) is -0.273. The standard InChI is InChI=1S/C17H22FN3O3/c1-12(22)2-4-14-11-21(17(23)24-14)13-3-5-16(15(18)10-13)20-8-6-19-7-9-20/h3,5,10,14,19H,2,4,6-9,11H2,1H3/t14-/m0/s1. The maximum Gasteiger partial charge on any atom is 0.414 e. The predicted octanol–water partition coefficient (Wildman–Crippen LogP) is 1.93. The van der Waals surface area contributed by atoms with Crippen LogP contribution < -0.4 is 15.1 Å². The van der Waals surface area contributed by atoms with Gasteiger partial charge in [-0.3, -0.25) is 4.90 Å². The number of halogens is 1. The number of anilines is 2. The second-order valence-corrected chi connectivity index (χ2v) is 6.23. The van der Waals surface area contributed by atoms with E-state index in [0.717, 1.165) is 26.2 Å². The van der Waals surface area contributed by atoms with Crippen molar-refractivity contribution in [2.45, 2.75) is 25.9 Å². The maximum atomic E-state index is 14.5. The van der Waals surface area contributed by atoms with Crippen LogP contribution in [0.5, 0.6) is 0 Å². The van der Waals surface area contributed by atoms with Gasteiger partial charge < -0.3 is 19.7 Å². The lowest BCUT2D eigenvalue weighted by Gasteiger charge is -2.30. The molecule has 2 fully saturated rings. The highest BCUT2D eigenvalue weighted by molar-refractivity contribution is 5.90. The van der Waals surface area contributed by atoms with Gasteiger partial charge >= 0.3 is 6.09 Å². The van der Waals surface area contributed by atoms with E-state index < -0.39 is 6.09 Å². The lowest BCUT2D eigenvalue weighted by atomic mass is 10.1. The number of amides is 1. The Morgan fingerprint density at radius 2 is 2.12 bits per heavy atom. The van der Waals surface area contributed by atoms with E-state index in [-0.39, 0.29) is 17.7 Å². The molecule has 6 nitrogen and oxygen atoms in total. The maximum absolute atomic E-state index is 14.5. The molecular weight excluding hydrogens is 313 g/mol. The molecule has 3 rings (SSSR count). The van der Waals surface area contributed by atoms with Crippen molar-refractivity contribution in [3.63, 3.8) is 0 Å². The highest BCUT2D eigenvalue weighted by Crippen LogP contribution is 2.28. The van der Waals surface area contributed by atoms with E-state index in [1.165, 1.54) is 17.9 Å². The number of carbonyl (C=O) groups is 2. The number of benzene rings is 1. The van der Waals surface area contributed by atoms with Crippen LogP contribution in [0.25, 0.3) is 0 Å². The van der Waals surface area contributed by atoms with Gasteiger partial charge in [0, 0.05) is 32.6 Å². The first-order valence-corrected chi connectivity index (χ1v) is 8.27. The second-order valence-electron chi connectivity index (χ2n) is 6.23. The molecule has 0 spiro atoms. The van der Waals surface area contributed by atoms with Gasteiger partial charge in [-0.1, -0.05) is 0 Å². The molecule has 1 aromatic rings. The summed E-state index contributed by atoms with van der Waals surface area (Å²) in [4.78, 5) is 26.5. The predicted molar refractivity (Wildman–Crippen MR) is 89.0 cm³/mol. The molecule has 7 heteroatoms.